The molecule has 0 atom stereocenters. The van der Waals surface area contributed by atoms with Gasteiger partial charge in [0, 0.05) is 18.3 Å². The van der Waals surface area contributed by atoms with Crippen LogP contribution in [0.5, 0.6) is 5.75 Å². The van der Waals surface area contributed by atoms with E-state index in [1.54, 1.807) is 29.2 Å². The first-order valence-electron chi connectivity index (χ1n) is 5.77. The van der Waals surface area contributed by atoms with Gasteiger partial charge in [-0.25, -0.2) is 0 Å². The van der Waals surface area contributed by atoms with Gasteiger partial charge in [-0.15, -0.1) is 5.10 Å². The molecule has 0 spiro atoms. The number of methoxy groups -OCH3 is 1. The monoisotopic (exact) mass is 314 g/mol. The molecule has 2 rings (SSSR count). The molecule has 0 radical (unpaired) electrons. The van der Waals surface area contributed by atoms with E-state index in [0.29, 0.717) is 28.0 Å². The number of carbonyl (C=O) groups is 1. The average Bonchev–Trinajstić information content (AvgIpc) is 2.89. The summed E-state index contributed by atoms with van der Waals surface area (Å²) in [5.74, 6) is 0.215. The lowest BCUT2D eigenvalue weighted by molar-refractivity contribution is -0.116. The van der Waals surface area contributed by atoms with Crippen molar-refractivity contribution in [3.8, 4) is 5.75 Å². The number of hydrogen-bond acceptors (Lipinski definition) is 4. The summed E-state index contributed by atoms with van der Waals surface area (Å²) in [5, 5.41) is 10.8. The predicted molar refractivity (Wildman–Crippen MR) is 76.3 cm³/mol. The molecule has 2 aromatic rings. The molecule has 0 saturated heterocycles. The van der Waals surface area contributed by atoms with Crippen LogP contribution in [0, 0.1) is 0 Å². The number of halogens is 2. The molecule has 0 saturated carbocycles. The van der Waals surface area contributed by atoms with Gasteiger partial charge in [0.1, 0.15) is 0 Å². The SMILES string of the molecule is COc1c(Cl)cc(NC(=O)CCn2ccnn2)cc1Cl. The number of aromatic nitrogens is 3. The molecule has 1 aromatic heterocycles. The standard InChI is InChI=1S/C12H12Cl2N4O2/c1-20-12-9(13)6-8(7-10(12)14)16-11(19)2-4-18-5-3-15-17-18/h3,5-7H,2,4H2,1H3,(H,16,19). The van der Waals surface area contributed by atoms with Crippen LogP contribution >= 0.6 is 23.2 Å². The molecular weight excluding hydrogens is 303 g/mol. The molecule has 8 heteroatoms. The number of ether oxygens (including phenoxy) is 1. The fraction of sp³-hybridized carbons (Fsp3) is 0.250. The summed E-state index contributed by atoms with van der Waals surface area (Å²) < 4.78 is 6.61. The van der Waals surface area contributed by atoms with Gasteiger partial charge in [0.15, 0.2) is 5.75 Å². The van der Waals surface area contributed by atoms with Crippen molar-refractivity contribution in [3.05, 3.63) is 34.6 Å². The molecule has 1 heterocycles. The number of hydrogen-bond donors (Lipinski definition) is 1. The molecule has 6 nitrogen and oxygen atoms in total. The van der Waals surface area contributed by atoms with Gasteiger partial charge in [0.25, 0.3) is 0 Å². The second-order valence-corrected chi connectivity index (χ2v) is 4.75. The van der Waals surface area contributed by atoms with E-state index >= 15 is 0 Å². The minimum absolute atomic E-state index is 0.169. The highest BCUT2D eigenvalue weighted by Gasteiger charge is 2.10. The summed E-state index contributed by atoms with van der Waals surface area (Å²) in [6.45, 7) is 0.448. The zero-order chi connectivity index (χ0) is 14.5. The third-order valence-electron chi connectivity index (χ3n) is 2.53. The van der Waals surface area contributed by atoms with Crippen molar-refractivity contribution in [1.82, 2.24) is 15.0 Å². The average molecular weight is 315 g/mol. The Labute approximate surface area is 125 Å². The van der Waals surface area contributed by atoms with Crippen molar-refractivity contribution in [1.29, 1.82) is 0 Å². The van der Waals surface area contributed by atoms with Crippen molar-refractivity contribution in [2.75, 3.05) is 12.4 Å². The summed E-state index contributed by atoms with van der Waals surface area (Å²) in [5.41, 5.74) is 0.518. The van der Waals surface area contributed by atoms with E-state index in [4.69, 9.17) is 27.9 Å². The first-order valence-corrected chi connectivity index (χ1v) is 6.52. The number of aryl methyl sites for hydroxylation is 1. The van der Waals surface area contributed by atoms with Crippen LogP contribution in [0.4, 0.5) is 5.69 Å². The van der Waals surface area contributed by atoms with E-state index in [1.165, 1.54) is 7.11 Å². The van der Waals surface area contributed by atoms with Crippen LogP contribution < -0.4 is 10.1 Å². The number of rotatable bonds is 5. The van der Waals surface area contributed by atoms with Crippen LogP contribution in [-0.4, -0.2) is 28.0 Å². The smallest absolute Gasteiger partial charge is 0.226 e. The van der Waals surface area contributed by atoms with Crippen molar-refractivity contribution in [3.63, 3.8) is 0 Å². The second-order valence-electron chi connectivity index (χ2n) is 3.94. The minimum Gasteiger partial charge on any atom is -0.494 e. The summed E-state index contributed by atoms with van der Waals surface area (Å²) in [4.78, 5) is 11.8. The Balaban J connectivity index is 1.97. The lowest BCUT2D eigenvalue weighted by Gasteiger charge is -2.10. The van der Waals surface area contributed by atoms with Crippen molar-refractivity contribution in [2.45, 2.75) is 13.0 Å². The Bertz CT molecular complexity index is 579. The maximum Gasteiger partial charge on any atom is 0.226 e. The highest BCUT2D eigenvalue weighted by atomic mass is 35.5. The number of anilines is 1. The molecule has 0 aliphatic carbocycles. The first kappa shape index (κ1) is 14.6. The number of nitrogens with zero attached hydrogens (tertiary/aromatic N) is 3. The molecule has 0 fully saturated rings. The van der Waals surface area contributed by atoms with E-state index in [2.05, 4.69) is 15.6 Å². The molecule has 1 aromatic carbocycles. The fourth-order valence-corrected chi connectivity index (χ4v) is 2.26. The van der Waals surface area contributed by atoms with Crippen LogP contribution in [0.25, 0.3) is 0 Å². The first-order chi connectivity index (χ1) is 9.60. The molecule has 106 valence electrons. The highest BCUT2D eigenvalue weighted by molar-refractivity contribution is 6.37. The zero-order valence-electron chi connectivity index (χ0n) is 10.6. The molecular formula is C12H12Cl2N4O2. The maximum atomic E-state index is 11.8. The van der Waals surface area contributed by atoms with E-state index < -0.39 is 0 Å². The van der Waals surface area contributed by atoms with Crippen LogP contribution in [0.15, 0.2) is 24.5 Å². The van der Waals surface area contributed by atoms with Crippen molar-refractivity contribution in [2.24, 2.45) is 0 Å². The third kappa shape index (κ3) is 3.61. The van der Waals surface area contributed by atoms with Gasteiger partial charge in [0.2, 0.25) is 5.91 Å². The number of benzene rings is 1. The van der Waals surface area contributed by atoms with Crippen molar-refractivity contribution < 1.29 is 9.53 Å². The van der Waals surface area contributed by atoms with Crippen LogP contribution in [0.2, 0.25) is 10.0 Å². The summed E-state index contributed by atoms with van der Waals surface area (Å²) in [6.07, 6.45) is 3.51. The van der Waals surface area contributed by atoms with E-state index in [9.17, 15) is 4.79 Å². The molecule has 1 N–H and O–H groups in total. The van der Waals surface area contributed by atoms with E-state index in [0.717, 1.165) is 0 Å². The predicted octanol–water partition coefficient (Wildman–Crippen LogP) is 2.62. The maximum absolute atomic E-state index is 11.8. The normalized spacial score (nSPS) is 10.3. The largest absolute Gasteiger partial charge is 0.494 e. The Morgan fingerprint density at radius 3 is 2.65 bits per heavy atom. The van der Waals surface area contributed by atoms with Crippen LogP contribution in [0.3, 0.4) is 0 Å². The van der Waals surface area contributed by atoms with Gasteiger partial charge in [-0.3, -0.25) is 9.48 Å². The Morgan fingerprint density at radius 2 is 2.10 bits per heavy atom. The lowest BCUT2D eigenvalue weighted by atomic mass is 10.3. The Morgan fingerprint density at radius 1 is 1.40 bits per heavy atom. The summed E-state index contributed by atoms with van der Waals surface area (Å²) in [6, 6.07) is 3.17. The Kier molecular flexibility index (Phi) is 4.81. The van der Waals surface area contributed by atoms with Gasteiger partial charge in [-0.2, -0.15) is 0 Å². The zero-order valence-corrected chi connectivity index (χ0v) is 12.1. The molecule has 0 aliphatic rings. The number of carbonyl (C=O) groups excluding carboxylic acids is 1. The lowest BCUT2D eigenvalue weighted by Crippen LogP contribution is -2.14. The molecule has 0 aliphatic heterocycles. The van der Waals surface area contributed by atoms with Crippen LogP contribution in [-0.2, 0) is 11.3 Å². The van der Waals surface area contributed by atoms with Gasteiger partial charge in [-0.1, -0.05) is 28.4 Å². The highest BCUT2D eigenvalue weighted by Crippen LogP contribution is 2.35. The Hall–Kier alpha value is -1.79. The van der Waals surface area contributed by atoms with E-state index in [-0.39, 0.29) is 12.3 Å². The van der Waals surface area contributed by atoms with Gasteiger partial charge < -0.3 is 10.1 Å². The molecule has 0 unspecified atom stereocenters. The van der Waals surface area contributed by atoms with Gasteiger partial charge in [0.05, 0.1) is 29.9 Å². The quantitative estimate of drug-likeness (QED) is 0.921. The third-order valence-corrected chi connectivity index (χ3v) is 3.09. The van der Waals surface area contributed by atoms with E-state index in [1.807, 2.05) is 0 Å². The number of nitrogens with one attached hydrogen (secondary N) is 1. The molecule has 20 heavy (non-hydrogen) atoms. The molecule has 1 amide bonds. The number of amides is 1. The fourth-order valence-electron chi connectivity index (χ4n) is 1.62. The topological polar surface area (TPSA) is 69.0 Å². The van der Waals surface area contributed by atoms with Crippen molar-refractivity contribution >= 4 is 34.8 Å². The summed E-state index contributed by atoms with van der Waals surface area (Å²) in [7, 11) is 1.48. The van der Waals surface area contributed by atoms with Gasteiger partial charge >= 0.3 is 0 Å². The van der Waals surface area contributed by atoms with Gasteiger partial charge in [-0.05, 0) is 12.1 Å². The summed E-state index contributed by atoms with van der Waals surface area (Å²) >= 11 is 12.0. The van der Waals surface area contributed by atoms with Crippen LogP contribution in [0.1, 0.15) is 6.42 Å². The second kappa shape index (κ2) is 6.58. The minimum atomic E-state index is -0.169. The molecule has 0 bridgehead atoms.